The number of imide groups is 2. The predicted octanol–water partition coefficient (Wildman–Crippen LogP) is 4.33. The molecule has 0 saturated heterocycles. The molecular weight excluding hydrogens is 845 g/mol. The molecule has 0 atom stereocenters. The Morgan fingerprint density at radius 1 is 0.345 bits per heavy atom. The molecule has 0 spiro atoms. The van der Waals surface area contributed by atoms with Gasteiger partial charge in [0.05, 0.1) is 32.3 Å². The zero-order valence-corrected chi connectivity index (χ0v) is 31.6. The highest BCUT2D eigenvalue weighted by Crippen LogP contribution is 2.50. The van der Waals surface area contributed by atoms with Crippen molar-refractivity contribution < 1.29 is 71.1 Å². The van der Waals surface area contributed by atoms with Crippen molar-refractivity contribution in [3.8, 4) is 0 Å². The van der Waals surface area contributed by atoms with E-state index >= 15 is 0 Å². The van der Waals surface area contributed by atoms with E-state index < -0.39 is 94.8 Å². The van der Waals surface area contributed by atoms with E-state index in [2.05, 4.69) is 0 Å². The minimum atomic E-state index is -5.33. The number of carbonyl (C=O) groups excluding carboxylic acids is 4. The van der Waals surface area contributed by atoms with E-state index in [-0.39, 0.29) is 65.6 Å². The highest BCUT2D eigenvalue weighted by atomic mass is 32.2. The lowest BCUT2D eigenvalue weighted by molar-refractivity contribution is 0.0877. The molecule has 7 aromatic carbocycles. The Morgan fingerprint density at radius 2 is 0.655 bits per heavy atom. The summed E-state index contributed by atoms with van der Waals surface area (Å²) >= 11 is 0. The Balaban J connectivity index is 1.39. The third kappa shape index (κ3) is 5.14. The van der Waals surface area contributed by atoms with Crippen molar-refractivity contribution >= 4 is 119 Å². The van der Waals surface area contributed by atoms with Gasteiger partial charge in [-0.05, 0) is 83.6 Å². The van der Waals surface area contributed by atoms with Gasteiger partial charge in [-0.3, -0.25) is 37.4 Å². The first kappa shape index (κ1) is 37.3. The van der Waals surface area contributed by atoms with Gasteiger partial charge in [-0.2, -0.15) is 33.7 Å². The summed E-state index contributed by atoms with van der Waals surface area (Å²) in [6.07, 6.45) is 0. The summed E-state index contributed by atoms with van der Waals surface area (Å²) in [5.74, 6) is -4.31. The summed E-state index contributed by atoms with van der Waals surface area (Å²) < 4.78 is 140. The van der Waals surface area contributed by atoms with E-state index in [0.29, 0.717) is 9.80 Å². The molecule has 0 bridgehead atoms. The Bertz CT molecular complexity index is 3380. The van der Waals surface area contributed by atoms with Crippen molar-refractivity contribution in [1.82, 2.24) is 0 Å². The Labute approximate surface area is 324 Å². The highest BCUT2D eigenvalue weighted by Gasteiger charge is 2.41. The smallest absolute Gasteiger partial charge is 0.282 e. The number of carbonyl (C=O) groups is 4. The average Bonchev–Trinajstić information content (AvgIpc) is 3.14. The third-order valence-electron chi connectivity index (χ3n) is 10.1. The van der Waals surface area contributed by atoms with Crippen LogP contribution in [0.2, 0.25) is 0 Å². The number of hydrogen-bond acceptors (Lipinski definition) is 12. The van der Waals surface area contributed by atoms with Crippen LogP contribution in [0, 0.1) is 0 Å². The molecule has 7 aromatic rings. The van der Waals surface area contributed by atoms with Gasteiger partial charge in [0.15, 0.2) is 0 Å². The lowest BCUT2D eigenvalue weighted by Gasteiger charge is -2.31. The van der Waals surface area contributed by atoms with Crippen LogP contribution >= 0.6 is 0 Å². The van der Waals surface area contributed by atoms with Crippen molar-refractivity contribution in [3.63, 3.8) is 0 Å². The monoisotopic (exact) mass is 862 g/mol. The number of benzene rings is 7. The molecule has 2 aliphatic heterocycles. The standard InChI is InChI=1S/C36H18N2O16S4/c39-33-21-11-9-19-30-26(58(52,53)54)14-24-28-22(34(40)38(36(24)42)16-3-7-18(8-4-16)56(46,47)48)12-10-20(32(28)30)29-25(57(49,50)51)13-23(27(21)31(19)29)35(41)37(33)15-1-5-17(6-2-15)55(43,44)45/h1-14H,(H,43,44,45)(H,46,47,48)(H,49,50,51)(H,52,53,54). The molecule has 2 aliphatic rings. The maximum Gasteiger partial charge on any atom is 0.295 e. The summed E-state index contributed by atoms with van der Waals surface area (Å²) in [7, 11) is -20.0. The zero-order valence-electron chi connectivity index (χ0n) is 28.3. The molecule has 9 rings (SSSR count). The van der Waals surface area contributed by atoms with Crippen LogP contribution in [-0.4, -0.2) is 75.5 Å². The summed E-state index contributed by atoms with van der Waals surface area (Å²) in [4.78, 5) is 54.8. The molecule has 0 fully saturated rings. The first-order chi connectivity index (χ1) is 27.0. The van der Waals surface area contributed by atoms with Crippen molar-refractivity contribution in [2.45, 2.75) is 19.6 Å². The van der Waals surface area contributed by atoms with Crippen molar-refractivity contribution in [1.29, 1.82) is 0 Å². The van der Waals surface area contributed by atoms with E-state index in [1.54, 1.807) is 0 Å². The summed E-state index contributed by atoms with van der Waals surface area (Å²) in [6.45, 7) is 0. The van der Waals surface area contributed by atoms with Gasteiger partial charge in [-0.15, -0.1) is 0 Å². The largest absolute Gasteiger partial charge is 0.295 e. The highest BCUT2D eigenvalue weighted by molar-refractivity contribution is 7.86. The van der Waals surface area contributed by atoms with Gasteiger partial charge in [-0.25, -0.2) is 9.80 Å². The molecular formula is C36H18N2O16S4. The molecule has 0 aliphatic carbocycles. The topological polar surface area (TPSA) is 292 Å². The molecule has 22 heteroatoms. The van der Waals surface area contributed by atoms with Crippen LogP contribution in [0.15, 0.2) is 105 Å². The maximum absolute atomic E-state index is 14.2. The first-order valence-electron chi connectivity index (χ1n) is 16.2. The Hall–Kier alpha value is -6.24. The number of amides is 4. The number of rotatable bonds is 6. The number of hydrogen-bond donors (Lipinski definition) is 4. The first-order valence-corrected chi connectivity index (χ1v) is 21.9. The van der Waals surface area contributed by atoms with Crippen LogP contribution < -0.4 is 9.80 Å². The van der Waals surface area contributed by atoms with Gasteiger partial charge in [0.2, 0.25) is 0 Å². The third-order valence-corrected chi connectivity index (χ3v) is 13.6. The molecule has 2 heterocycles. The summed E-state index contributed by atoms with van der Waals surface area (Å²) in [6, 6.07) is 14.0. The second-order valence-electron chi connectivity index (χ2n) is 13.2. The molecule has 0 unspecified atom stereocenters. The molecule has 0 aromatic heterocycles. The SMILES string of the molecule is O=C1c2ccc3c4c(S(=O)(=O)O)cc5c6c(ccc(c7c(S(=O)(=O)O)cc(c2c37)C(=O)N1c1ccc(S(=O)(=O)O)cc1)c64)C(=O)N(c1ccc(S(=O)(=O)O)cc1)C5=O. The summed E-state index contributed by atoms with van der Waals surface area (Å²) in [5.41, 5.74) is -1.84. The molecule has 0 radical (unpaired) electrons. The lowest BCUT2D eigenvalue weighted by Crippen LogP contribution is -2.41. The molecule has 4 amide bonds. The Kier molecular flexibility index (Phi) is 7.52. The van der Waals surface area contributed by atoms with Gasteiger partial charge >= 0.3 is 0 Å². The van der Waals surface area contributed by atoms with E-state index in [0.717, 1.165) is 60.7 Å². The molecule has 4 N–H and O–H groups in total. The van der Waals surface area contributed by atoms with Gasteiger partial charge < -0.3 is 0 Å². The van der Waals surface area contributed by atoms with Crippen LogP contribution in [0.3, 0.4) is 0 Å². The lowest BCUT2D eigenvalue weighted by atomic mass is 9.82. The second-order valence-corrected chi connectivity index (χ2v) is 18.8. The second kappa shape index (κ2) is 11.7. The fraction of sp³-hybridized carbons (Fsp3) is 0. The van der Waals surface area contributed by atoms with Crippen molar-refractivity contribution in [2.75, 3.05) is 9.80 Å². The van der Waals surface area contributed by atoms with Crippen LogP contribution in [-0.2, 0) is 40.5 Å². The number of nitrogens with zero attached hydrogens (tertiary/aromatic N) is 2. The van der Waals surface area contributed by atoms with Gasteiger partial charge in [0.1, 0.15) is 9.79 Å². The summed E-state index contributed by atoms with van der Waals surface area (Å²) in [5, 5.41) is -1.98. The average molecular weight is 863 g/mol. The fourth-order valence-electron chi connectivity index (χ4n) is 7.80. The van der Waals surface area contributed by atoms with E-state index in [9.17, 15) is 71.1 Å². The number of anilines is 2. The van der Waals surface area contributed by atoms with Gasteiger partial charge in [0.25, 0.3) is 64.1 Å². The normalized spacial score (nSPS) is 15.2. The van der Waals surface area contributed by atoms with E-state index in [4.69, 9.17) is 0 Å². The minimum absolute atomic E-state index is 0.195. The molecule has 58 heavy (non-hydrogen) atoms. The molecule has 18 nitrogen and oxygen atoms in total. The van der Waals surface area contributed by atoms with Crippen LogP contribution in [0.1, 0.15) is 41.4 Å². The molecule has 0 saturated carbocycles. The van der Waals surface area contributed by atoms with Crippen LogP contribution in [0.5, 0.6) is 0 Å². The molecule has 292 valence electrons. The quantitative estimate of drug-likeness (QED) is 0.0783. The maximum atomic E-state index is 14.2. The minimum Gasteiger partial charge on any atom is -0.282 e. The van der Waals surface area contributed by atoms with Crippen LogP contribution in [0.25, 0.3) is 43.1 Å². The fourth-order valence-corrected chi connectivity index (χ4v) is 10.2. The van der Waals surface area contributed by atoms with Gasteiger partial charge in [-0.1, -0.05) is 12.1 Å². The van der Waals surface area contributed by atoms with Crippen LogP contribution in [0.4, 0.5) is 11.4 Å². The van der Waals surface area contributed by atoms with Crippen molar-refractivity contribution in [3.05, 3.63) is 107 Å². The predicted molar refractivity (Wildman–Crippen MR) is 202 cm³/mol. The van der Waals surface area contributed by atoms with E-state index in [1.165, 1.54) is 24.3 Å². The van der Waals surface area contributed by atoms with E-state index in [1.807, 2.05) is 0 Å². The van der Waals surface area contributed by atoms with Gasteiger partial charge in [0, 0.05) is 43.4 Å². The zero-order chi connectivity index (χ0) is 41.8. The Morgan fingerprint density at radius 3 is 0.948 bits per heavy atom. The van der Waals surface area contributed by atoms with Crippen molar-refractivity contribution in [2.24, 2.45) is 0 Å². The number of fused-ring (bicyclic) bond motifs is 2.